The SMILES string of the molecule is NC(=NCc1ccc(Cl)cc1I)NC1CC1. The lowest BCUT2D eigenvalue weighted by Gasteiger charge is -2.05. The Morgan fingerprint density at radius 1 is 1.56 bits per heavy atom. The Bertz CT molecular complexity index is 416. The lowest BCUT2D eigenvalue weighted by Crippen LogP contribution is -2.33. The summed E-state index contributed by atoms with van der Waals surface area (Å²) >= 11 is 8.13. The van der Waals surface area contributed by atoms with Gasteiger partial charge in [-0.3, -0.25) is 0 Å². The maximum absolute atomic E-state index is 5.88. The predicted molar refractivity (Wildman–Crippen MR) is 75.7 cm³/mol. The second-order valence-corrected chi connectivity index (χ2v) is 5.45. The molecule has 0 radical (unpaired) electrons. The Labute approximate surface area is 114 Å². The number of guanidine groups is 1. The van der Waals surface area contributed by atoms with Crippen LogP contribution in [0.5, 0.6) is 0 Å². The van der Waals surface area contributed by atoms with Gasteiger partial charge in [-0.05, 0) is 53.1 Å². The van der Waals surface area contributed by atoms with Gasteiger partial charge in [-0.2, -0.15) is 0 Å². The average molecular weight is 350 g/mol. The minimum Gasteiger partial charge on any atom is -0.370 e. The van der Waals surface area contributed by atoms with Crippen molar-refractivity contribution in [1.82, 2.24) is 5.32 Å². The van der Waals surface area contributed by atoms with Gasteiger partial charge in [0.25, 0.3) is 0 Å². The molecule has 1 saturated carbocycles. The molecule has 1 aliphatic carbocycles. The third-order valence-electron chi connectivity index (χ3n) is 2.36. The van der Waals surface area contributed by atoms with Crippen LogP contribution in [0.3, 0.4) is 0 Å². The van der Waals surface area contributed by atoms with E-state index < -0.39 is 0 Å². The highest BCUT2D eigenvalue weighted by Crippen LogP contribution is 2.19. The summed E-state index contributed by atoms with van der Waals surface area (Å²) in [7, 11) is 0. The van der Waals surface area contributed by atoms with E-state index in [9.17, 15) is 0 Å². The van der Waals surface area contributed by atoms with Crippen molar-refractivity contribution in [3.63, 3.8) is 0 Å². The van der Waals surface area contributed by atoms with E-state index >= 15 is 0 Å². The lowest BCUT2D eigenvalue weighted by atomic mass is 10.2. The van der Waals surface area contributed by atoms with Crippen molar-refractivity contribution in [1.29, 1.82) is 0 Å². The highest BCUT2D eigenvalue weighted by molar-refractivity contribution is 14.1. The van der Waals surface area contributed by atoms with Crippen molar-refractivity contribution < 1.29 is 0 Å². The van der Waals surface area contributed by atoms with E-state index in [2.05, 4.69) is 32.9 Å². The molecule has 0 saturated heterocycles. The van der Waals surface area contributed by atoms with Gasteiger partial charge in [-0.25, -0.2) is 4.99 Å². The molecule has 1 aromatic carbocycles. The van der Waals surface area contributed by atoms with Crippen LogP contribution in [-0.2, 0) is 6.54 Å². The molecule has 0 aliphatic heterocycles. The standard InChI is InChI=1S/C11H13ClIN3/c12-8-2-1-7(10(13)5-8)6-15-11(14)16-9-3-4-9/h1-2,5,9H,3-4,6H2,(H3,14,15,16). The summed E-state index contributed by atoms with van der Waals surface area (Å²) in [6, 6.07) is 6.34. The Balaban J connectivity index is 1.97. The first-order valence-corrected chi connectivity index (χ1v) is 6.61. The molecular formula is C11H13ClIN3. The van der Waals surface area contributed by atoms with E-state index in [4.69, 9.17) is 17.3 Å². The van der Waals surface area contributed by atoms with E-state index in [1.165, 1.54) is 12.8 Å². The molecule has 1 fully saturated rings. The van der Waals surface area contributed by atoms with Gasteiger partial charge in [0.2, 0.25) is 0 Å². The van der Waals surface area contributed by atoms with E-state index in [0.717, 1.165) is 14.2 Å². The van der Waals surface area contributed by atoms with Crippen LogP contribution in [0.25, 0.3) is 0 Å². The molecule has 0 bridgehead atoms. The van der Waals surface area contributed by atoms with Crippen molar-refractivity contribution in [2.24, 2.45) is 10.7 Å². The summed E-state index contributed by atoms with van der Waals surface area (Å²) in [6.07, 6.45) is 2.41. The van der Waals surface area contributed by atoms with Gasteiger partial charge in [0.05, 0.1) is 6.54 Å². The highest BCUT2D eigenvalue weighted by Gasteiger charge is 2.21. The fourth-order valence-electron chi connectivity index (χ4n) is 1.30. The molecule has 0 unspecified atom stereocenters. The van der Waals surface area contributed by atoms with Crippen LogP contribution in [0.2, 0.25) is 5.02 Å². The quantitative estimate of drug-likeness (QED) is 0.500. The summed E-state index contributed by atoms with van der Waals surface area (Å²) in [4.78, 5) is 4.30. The zero-order chi connectivity index (χ0) is 11.5. The number of nitrogens with zero attached hydrogens (tertiary/aromatic N) is 1. The average Bonchev–Trinajstić information content (AvgIpc) is 3.00. The van der Waals surface area contributed by atoms with Crippen molar-refractivity contribution >= 4 is 40.2 Å². The number of hydrogen-bond donors (Lipinski definition) is 2. The first-order chi connectivity index (χ1) is 7.65. The van der Waals surface area contributed by atoms with E-state index in [0.29, 0.717) is 18.5 Å². The first-order valence-electron chi connectivity index (χ1n) is 5.15. The number of nitrogens with one attached hydrogen (secondary N) is 1. The number of rotatable bonds is 3. The fraction of sp³-hybridized carbons (Fsp3) is 0.364. The predicted octanol–water partition coefficient (Wildman–Crippen LogP) is 2.51. The summed E-state index contributed by atoms with van der Waals surface area (Å²) in [5.74, 6) is 0.535. The summed E-state index contributed by atoms with van der Waals surface area (Å²) in [6.45, 7) is 0.598. The van der Waals surface area contributed by atoms with Crippen LogP contribution in [0.1, 0.15) is 18.4 Å². The van der Waals surface area contributed by atoms with Gasteiger partial charge in [0.1, 0.15) is 0 Å². The van der Waals surface area contributed by atoms with Crippen LogP contribution in [0, 0.1) is 3.57 Å². The molecule has 3 N–H and O–H groups in total. The number of aliphatic imine (C=N–C) groups is 1. The molecule has 0 atom stereocenters. The van der Waals surface area contributed by atoms with Crippen LogP contribution < -0.4 is 11.1 Å². The zero-order valence-electron chi connectivity index (χ0n) is 8.71. The van der Waals surface area contributed by atoms with Crippen LogP contribution >= 0.6 is 34.2 Å². The molecule has 86 valence electrons. The molecular weight excluding hydrogens is 336 g/mol. The van der Waals surface area contributed by atoms with Gasteiger partial charge >= 0.3 is 0 Å². The van der Waals surface area contributed by atoms with Gasteiger partial charge in [0.15, 0.2) is 5.96 Å². The monoisotopic (exact) mass is 349 g/mol. The maximum Gasteiger partial charge on any atom is 0.189 e. The molecule has 0 heterocycles. The molecule has 2 rings (SSSR count). The van der Waals surface area contributed by atoms with Gasteiger partial charge in [0, 0.05) is 14.6 Å². The molecule has 0 amide bonds. The van der Waals surface area contributed by atoms with Crippen molar-refractivity contribution in [2.45, 2.75) is 25.4 Å². The lowest BCUT2D eigenvalue weighted by molar-refractivity contribution is 0.878. The highest BCUT2D eigenvalue weighted by atomic mass is 127. The van der Waals surface area contributed by atoms with E-state index in [1.54, 1.807) is 0 Å². The third kappa shape index (κ3) is 3.52. The second kappa shape index (κ2) is 5.23. The number of hydrogen-bond acceptors (Lipinski definition) is 1. The third-order valence-corrected chi connectivity index (χ3v) is 3.60. The zero-order valence-corrected chi connectivity index (χ0v) is 11.6. The molecule has 0 aromatic heterocycles. The first kappa shape index (κ1) is 12.0. The number of nitrogens with two attached hydrogens (primary N) is 1. The Morgan fingerprint density at radius 2 is 2.31 bits per heavy atom. The van der Waals surface area contributed by atoms with Gasteiger partial charge in [-0.15, -0.1) is 0 Å². The Kier molecular flexibility index (Phi) is 3.91. The van der Waals surface area contributed by atoms with Crippen molar-refractivity contribution in [3.05, 3.63) is 32.4 Å². The van der Waals surface area contributed by atoms with Crippen molar-refractivity contribution in [2.75, 3.05) is 0 Å². The molecule has 1 aromatic rings. The second-order valence-electron chi connectivity index (χ2n) is 3.86. The van der Waals surface area contributed by atoms with Crippen LogP contribution in [0.15, 0.2) is 23.2 Å². The van der Waals surface area contributed by atoms with E-state index in [-0.39, 0.29) is 0 Å². The van der Waals surface area contributed by atoms with Crippen molar-refractivity contribution in [3.8, 4) is 0 Å². The number of benzene rings is 1. The summed E-state index contributed by atoms with van der Waals surface area (Å²) in [5, 5.41) is 3.91. The molecule has 3 nitrogen and oxygen atoms in total. The largest absolute Gasteiger partial charge is 0.370 e. The minimum absolute atomic E-state index is 0.535. The Hall–Kier alpha value is -0.490. The van der Waals surface area contributed by atoms with Gasteiger partial charge in [-0.1, -0.05) is 17.7 Å². The summed E-state index contributed by atoms with van der Waals surface area (Å²) in [5.41, 5.74) is 6.90. The smallest absolute Gasteiger partial charge is 0.189 e. The summed E-state index contributed by atoms with van der Waals surface area (Å²) < 4.78 is 1.12. The maximum atomic E-state index is 5.88. The van der Waals surface area contributed by atoms with Crippen LogP contribution in [0.4, 0.5) is 0 Å². The van der Waals surface area contributed by atoms with Gasteiger partial charge < -0.3 is 11.1 Å². The Morgan fingerprint density at radius 3 is 2.94 bits per heavy atom. The normalized spacial score (nSPS) is 16.2. The molecule has 1 aliphatic rings. The molecule has 5 heteroatoms. The molecule has 16 heavy (non-hydrogen) atoms. The molecule has 0 spiro atoms. The topological polar surface area (TPSA) is 50.4 Å². The number of halogens is 2. The van der Waals surface area contributed by atoms with E-state index in [1.807, 2.05) is 18.2 Å². The fourth-order valence-corrected chi connectivity index (χ4v) is 2.34. The minimum atomic E-state index is 0.535. The van der Waals surface area contributed by atoms with Crippen LogP contribution in [-0.4, -0.2) is 12.0 Å².